The molecular formula is C23H19Cl4FN3O3S-. The minimum Gasteiger partial charge on any atom is -1.00 e. The lowest BCUT2D eigenvalue weighted by Crippen LogP contribution is -3.00. The van der Waals surface area contributed by atoms with Gasteiger partial charge in [0.05, 0.1) is 21.4 Å². The highest BCUT2D eigenvalue weighted by Crippen LogP contribution is 2.30. The van der Waals surface area contributed by atoms with E-state index < -0.39 is 10.0 Å². The zero-order chi connectivity index (χ0) is 24.5. The largest absolute Gasteiger partial charge is 1.00 e. The molecule has 1 saturated heterocycles. The van der Waals surface area contributed by atoms with Crippen LogP contribution in [-0.2, 0) is 10.0 Å². The first-order valence-corrected chi connectivity index (χ1v) is 12.8. The van der Waals surface area contributed by atoms with Crippen LogP contribution in [0.2, 0.25) is 15.1 Å². The summed E-state index contributed by atoms with van der Waals surface area (Å²) in [6.45, 7) is 1.60. The lowest BCUT2D eigenvalue weighted by molar-refractivity contribution is -0.0000193. The van der Waals surface area contributed by atoms with Gasteiger partial charge in [0.1, 0.15) is 10.7 Å². The molecule has 0 bridgehead atoms. The second-order valence-corrected chi connectivity index (χ2v) is 10.5. The van der Waals surface area contributed by atoms with Crippen LogP contribution in [0.3, 0.4) is 0 Å². The Bertz CT molecular complexity index is 1350. The van der Waals surface area contributed by atoms with E-state index in [1.54, 1.807) is 23.1 Å². The van der Waals surface area contributed by atoms with Gasteiger partial charge in [0.25, 0.3) is 15.9 Å². The first-order chi connectivity index (χ1) is 16.2. The van der Waals surface area contributed by atoms with Gasteiger partial charge in [0.2, 0.25) is 0 Å². The maximum atomic E-state index is 14.1. The van der Waals surface area contributed by atoms with Crippen molar-refractivity contribution < 1.29 is 30.0 Å². The quantitative estimate of drug-likeness (QED) is 0.506. The summed E-state index contributed by atoms with van der Waals surface area (Å²) < 4.78 is 42.5. The molecule has 1 amide bonds. The van der Waals surface area contributed by atoms with Crippen LogP contribution in [0.25, 0.3) is 0 Å². The molecule has 186 valence electrons. The van der Waals surface area contributed by atoms with Gasteiger partial charge in [0, 0.05) is 36.8 Å². The van der Waals surface area contributed by atoms with E-state index in [0.29, 0.717) is 36.9 Å². The van der Waals surface area contributed by atoms with Crippen molar-refractivity contribution in [3.05, 3.63) is 87.1 Å². The van der Waals surface area contributed by atoms with Gasteiger partial charge in [-0.1, -0.05) is 46.9 Å². The average molecular weight is 578 g/mol. The average Bonchev–Trinajstić information content (AvgIpc) is 2.81. The van der Waals surface area contributed by atoms with E-state index >= 15 is 0 Å². The first kappa shape index (κ1) is 27.4. The summed E-state index contributed by atoms with van der Waals surface area (Å²) in [6, 6.07) is 14.9. The number of anilines is 2. The molecule has 3 aromatic rings. The normalized spacial score (nSPS) is 13.8. The van der Waals surface area contributed by atoms with Crippen LogP contribution in [0.5, 0.6) is 0 Å². The molecule has 0 unspecified atom stereocenters. The van der Waals surface area contributed by atoms with E-state index in [0.717, 1.165) is 0 Å². The third-order valence-electron chi connectivity index (χ3n) is 5.40. The van der Waals surface area contributed by atoms with E-state index in [2.05, 4.69) is 4.72 Å². The number of para-hydroxylation sites is 1. The minimum atomic E-state index is -4.17. The summed E-state index contributed by atoms with van der Waals surface area (Å²) in [5.41, 5.74) is 0.743. The summed E-state index contributed by atoms with van der Waals surface area (Å²) in [7, 11) is -4.17. The van der Waals surface area contributed by atoms with Gasteiger partial charge >= 0.3 is 0 Å². The van der Waals surface area contributed by atoms with Crippen LogP contribution >= 0.6 is 34.8 Å². The Morgan fingerprint density at radius 1 is 0.886 bits per heavy atom. The number of rotatable bonds is 5. The molecule has 0 spiro atoms. The monoisotopic (exact) mass is 576 g/mol. The van der Waals surface area contributed by atoms with Crippen molar-refractivity contribution in [3.63, 3.8) is 0 Å². The Morgan fingerprint density at radius 3 is 2.23 bits per heavy atom. The molecule has 35 heavy (non-hydrogen) atoms. The third kappa shape index (κ3) is 6.13. The topological polar surface area (TPSA) is 69.7 Å². The number of piperazine rings is 1. The fourth-order valence-corrected chi connectivity index (χ4v) is 5.65. The zero-order valence-corrected chi connectivity index (χ0v) is 21.9. The van der Waals surface area contributed by atoms with Gasteiger partial charge < -0.3 is 22.2 Å². The van der Waals surface area contributed by atoms with Crippen molar-refractivity contribution >= 4 is 62.1 Å². The number of carbonyl (C=O) groups is 1. The molecule has 1 aliphatic rings. The van der Waals surface area contributed by atoms with Gasteiger partial charge in [0.15, 0.2) is 0 Å². The van der Waals surface area contributed by atoms with Crippen LogP contribution in [0.1, 0.15) is 10.4 Å². The highest BCUT2D eigenvalue weighted by Gasteiger charge is 2.26. The standard InChI is InChI=1S/C23H19Cl3FN3O3S.ClH/c24-16-6-8-17(25)20(14-16)28-34(32,33)22-13-15(5-7-18(22)26)23(31)30-11-9-29(10-12-30)21-4-2-1-3-19(21)27;/h1-8,13-14,28H,9-12H2;1H/p-1. The maximum absolute atomic E-state index is 14.1. The lowest BCUT2D eigenvalue weighted by Gasteiger charge is -2.36. The van der Waals surface area contributed by atoms with E-state index in [4.69, 9.17) is 34.8 Å². The van der Waals surface area contributed by atoms with E-state index in [-0.39, 0.29) is 50.3 Å². The molecular weight excluding hydrogens is 559 g/mol. The molecule has 0 atom stereocenters. The van der Waals surface area contributed by atoms with E-state index in [1.807, 2.05) is 4.90 Å². The second-order valence-electron chi connectivity index (χ2n) is 7.61. The number of nitrogens with zero attached hydrogens (tertiary/aromatic N) is 2. The van der Waals surface area contributed by atoms with Gasteiger partial charge in [-0.2, -0.15) is 0 Å². The highest BCUT2D eigenvalue weighted by atomic mass is 35.5. The Kier molecular flexibility index (Phi) is 8.77. The zero-order valence-electron chi connectivity index (χ0n) is 18.0. The second kappa shape index (κ2) is 11.2. The van der Waals surface area contributed by atoms with E-state index in [9.17, 15) is 17.6 Å². The number of hydrogen-bond donors (Lipinski definition) is 1. The molecule has 12 heteroatoms. The number of hydrogen-bond acceptors (Lipinski definition) is 4. The molecule has 6 nitrogen and oxygen atoms in total. The van der Waals surface area contributed by atoms with Crippen LogP contribution in [-0.4, -0.2) is 45.4 Å². The van der Waals surface area contributed by atoms with Gasteiger partial charge in [-0.25, -0.2) is 12.8 Å². The van der Waals surface area contributed by atoms with Crippen LogP contribution in [0.4, 0.5) is 15.8 Å². The Labute approximate surface area is 224 Å². The molecule has 1 N–H and O–H groups in total. The number of amides is 1. The summed E-state index contributed by atoms with van der Waals surface area (Å²) >= 11 is 18.2. The molecule has 4 rings (SSSR count). The molecule has 3 aromatic carbocycles. The predicted molar refractivity (Wildman–Crippen MR) is 133 cm³/mol. The Balaban J connectivity index is 0.00000342. The Morgan fingerprint density at radius 2 is 1.54 bits per heavy atom. The van der Waals surface area contributed by atoms with Crippen molar-refractivity contribution in [3.8, 4) is 0 Å². The molecule has 0 radical (unpaired) electrons. The van der Waals surface area contributed by atoms with Crippen molar-refractivity contribution in [2.45, 2.75) is 4.90 Å². The first-order valence-electron chi connectivity index (χ1n) is 10.2. The molecule has 0 saturated carbocycles. The van der Waals surface area contributed by atoms with Gasteiger partial charge in [-0.3, -0.25) is 9.52 Å². The molecule has 0 aliphatic carbocycles. The SMILES string of the molecule is O=C(c1ccc(Cl)c(S(=O)(=O)Nc2cc(Cl)ccc2Cl)c1)N1CCN(c2ccccc2F)CC1.[Cl-]. The maximum Gasteiger partial charge on any atom is 0.263 e. The number of halogens is 5. The van der Waals surface area contributed by atoms with Crippen LogP contribution in [0.15, 0.2) is 65.6 Å². The van der Waals surface area contributed by atoms with Crippen molar-refractivity contribution in [1.82, 2.24) is 4.90 Å². The number of nitrogens with one attached hydrogen (secondary N) is 1. The molecule has 1 fully saturated rings. The summed E-state index contributed by atoms with van der Waals surface area (Å²) in [5, 5.41) is 0.405. The molecule has 0 aromatic heterocycles. The van der Waals surface area contributed by atoms with Crippen molar-refractivity contribution in [1.29, 1.82) is 0 Å². The van der Waals surface area contributed by atoms with Crippen molar-refractivity contribution in [2.24, 2.45) is 0 Å². The van der Waals surface area contributed by atoms with Crippen molar-refractivity contribution in [2.75, 3.05) is 35.8 Å². The number of sulfonamides is 1. The number of carbonyl (C=O) groups excluding carboxylic acids is 1. The molecule has 1 heterocycles. The Hall–Kier alpha value is -2.23. The summed E-state index contributed by atoms with van der Waals surface area (Å²) in [4.78, 5) is 16.3. The number of benzene rings is 3. The van der Waals surface area contributed by atoms with E-state index in [1.165, 1.54) is 42.5 Å². The third-order valence-corrected chi connectivity index (χ3v) is 7.81. The predicted octanol–water partition coefficient (Wildman–Crippen LogP) is 2.55. The fraction of sp³-hybridized carbons (Fsp3) is 0.174. The lowest BCUT2D eigenvalue weighted by atomic mass is 10.1. The summed E-state index contributed by atoms with van der Waals surface area (Å²) in [5.74, 6) is -0.663. The smallest absolute Gasteiger partial charge is 0.263 e. The molecule has 1 aliphatic heterocycles. The fourth-order valence-electron chi connectivity index (χ4n) is 3.66. The summed E-state index contributed by atoms with van der Waals surface area (Å²) in [6.07, 6.45) is 0. The van der Waals surface area contributed by atoms with Gasteiger partial charge in [-0.15, -0.1) is 0 Å². The van der Waals surface area contributed by atoms with Crippen LogP contribution in [0, 0.1) is 5.82 Å². The highest BCUT2D eigenvalue weighted by molar-refractivity contribution is 7.92. The van der Waals surface area contributed by atoms with Crippen LogP contribution < -0.4 is 22.0 Å². The van der Waals surface area contributed by atoms with Gasteiger partial charge in [-0.05, 0) is 48.5 Å². The minimum absolute atomic E-state index is 0.